The topological polar surface area (TPSA) is 84.2 Å². The summed E-state index contributed by atoms with van der Waals surface area (Å²) in [6, 6.07) is 6.12. The van der Waals surface area contributed by atoms with Crippen molar-refractivity contribution in [1.82, 2.24) is 24.7 Å². The van der Waals surface area contributed by atoms with Gasteiger partial charge in [-0.3, -0.25) is 0 Å². The second-order valence-corrected chi connectivity index (χ2v) is 7.13. The van der Waals surface area contributed by atoms with E-state index < -0.39 is 11.9 Å². The molecule has 0 aliphatic carbocycles. The summed E-state index contributed by atoms with van der Waals surface area (Å²) < 4.78 is 56.5. The molecule has 0 amide bonds. The number of halogens is 3. The summed E-state index contributed by atoms with van der Waals surface area (Å²) in [5, 5.41) is 8.69. The van der Waals surface area contributed by atoms with Gasteiger partial charge in [0.1, 0.15) is 5.69 Å². The highest BCUT2D eigenvalue weighted by molar-refractivity contribution is 7.99. The van der Waals surface area contributed by atoms with E-state index in [1.165, 1.54) is 14.2 Å². The molecule has 8 nitrogen and oxygen atoms in total. The summed E-state index contributed by atoms with van der Waals surface area (Å²) in [5.41, 5.74) is -0.310. The standard InChI is InChI=1S/C19H20F3N5O3S/c1-28-10-4-9-27-16(12-5-6-13(29-2)14(11-12)30-3)25-26-18(27)31-17-23-8-7-15(24-17)19(20,21)22/h5-8,11H,4,9-10H2,1-3H3. The van der Waals surface area contributed by atoms with Crippen molar-refractivity contribution < 1.29 is 27.4 Å². The summed E-state index contributed by atoms with van der Waals surface area (Å²) in [6.07, 6.45) is -2.85. The third kappa shape index (κ3) is 5.44. The SMILES string of the molecule is COCCCn1c(Sc2nccc(C(F)(F)F)n2)nnc1-c1ccc(OC)c(OC)c1. The van der Waals surface area contributed by atoms with Gasteiger partial charge in [-0.2, -0.15) is 13.2 Å². The molecule has 0 unspecified atom stereocenters. The highest BCUT2D eigenvalue weighted by Gasteiger charge is 2.33. The summed E-state index contributed by atoms with van der Waals surface area (Å²) in [6.45, 7) is 0.972. The van der Waals surface area contributed by atoms with Crippen molar-refractivity contribution in [2.45, 2.75) is 29.5 Å². The first-order chi connectivity index (χ1) is 14.9. The molecule has 0 bridgehead atoms. The lowest BCUT2D eigenvalue weighted by atomic mass is 10.2. The number of benzene rings is 1. The van der Waals surface area contributed by atoms with E-state index in [2.05, 4.69) is 20.2 Å². The lowest BCUT2D eigenvalue weighted by Gasteiger charge is -2.12. The van der Waals surface area contributed by atoms with Crippen LogP contribution in [0.25, 0.3) is 11.4 Å². The van der Waals surface area contributed by atoms with Crippen LogP contribution in [0, 0.1) is 0 Å². The van der Waals surface area contributed by atoms with E-state index in [1.807, 2.05) is 0 Å². The van der Waals surface area contributed by atoms with E-state index in [0.29, 0.717) is 47.6 Å². The highest BCUT2D eigenvalue weighted by Crippen LogP contribution is 2.34. The molecule has 0 atom stereocenters. The Kier molecular flexibility index (Phi) is 7.33. The maximum absolute atomic E-state index is 13.0. The van der Waals surface area contributed by atoms with E-state index in [9.17, 15) is 13.2 Å². The predicted octanol–water partition coefficient (Wildman–Crippen LogP) is 3.96. The lowest BCUT2D eigenvalue weighted by Crippen LogP contribution is -2.09. The lowest BCUT2D eigenvalue weighted by molar-refractivity contribution is -0.141. The summed E-state index contributed by atoms with van der Waals surface area (Å²) >= 11 is 0.906. The minimum Gasteiger partial charge on any atom is -0.493 e. The molecular weight excluding hydrogens is 435 g/mol. The third-order valence-corrected chi connectivity index (χ3v) is 5.06. The van der Waals surface area contributed by atoms with Crippen LogP contribution in [0.3, 0.4) is 0 Å². The van der Waals surface area contributed by atoms with Crippen molar-refractivity contribution in [3.63, 3.8) is 0 Å². The van der Waals surface area contributed by atoms with Crippen molar-refractivity contribution in [2.24, 2.45) is 0 Å². The van der Waals surface area contributed by atoms with Crippen LogP contribution in [0.5, 0.6) is 11.5 Å². The molecule has 0 N–H and O–H groups in total. The molecule has 0 aliphatic rings. The number of nitrogens with zero attached hydrogens (tertiary/aromatic N) is 5. The predicted molar refractivity (Wildman–Crippen MR) is 106 cm³/mol. The Morgan fingerprint density at radius 3 is 2.48 bits per heavy atom. The second-order valence-electron chi connectivity index (χ2n) is 6.20. The van der Waals surface area contributed by atoms with Gasteiger partial charge in [-0.05, 0) is 42.4 Å². The van der Waals surface area contributed by atoms with Crippen molar-refractivity contribution in [2.75, 3.05) is 27.9 Å². The van der Waals surface area contributed by atoms with Gasteiger partial charge >= 0.3 is 6.18 Å². The Balaban J connectivity index is 1.98. The first kappa shape index (κ1) is 22.8. The molecule has 0 fully saturated rings. The van der Waals surface area contributed by atoms with Crippen LogP contribution in [0.2, 0.25) is 0 Å². The zero-order valence-corrected chi connectivity index (χ0v) is 17.8. The molecule has 31 heavy (non-hydrogen) atoms. The Morgan fingerprint density at radius 1 is 1.03 bits per heavy atom. The molecule has 0 aliphatic heterocycles. The maximum atomic E-state index is 13.0. The number of hydrogen-bond acceptors (Lipinski definition) is 8. The van der Waals surface area contributed by atoms with Crippen molar-refractivity contribution in [3.05, 3.63) is 36.2 Å². The number of methoxy groups -OCH3 is 3. The van der Waals surface area contributed by atoms with E-state index in [0.717, 1.165) is 24.0 Å². The number of ether oxygens (including phenoxy) is 3. The van der Waals surface area contributed by atoms with Gasteiger partial charge in [-0.15, -0.1) is 10.2 Å². The van der Waals surface area contributed by atoms with Gasteiger partial charge in [-0.1, -0.05) is 0 Å². The molecule has 0 spiro atoms. The van der Waals surface area contributed by atoms with Gasteiger partial charge in [-0.25, -0.2) is 9.97 Å². The van der Waals surface area contributed by atoms with Gasteiger partial charge in [0.15, 0.2) is 27.6 Å². The quantitative estimate of drug-likeness (QED) is 0.354. The Bertz CT molecular complexity index is 1030. The fraction of sp³-hybridized carbons (Fsp3) is 0.368. The summed E-state index contributed by atoms with van der Waals surface area (Å²) in [5.74, 6) is 1.59. The molecule has 3 rings (SSSR count). The fourth-order valence-electron chi connectivity index (χ4n) is 2.75. The molecule has 2 heterocycles. The zero-order valence-electron chi connectivity index (χ0n) is 17.0. The van der Waals surface area contributed by atoms with Crippen LogP contribution >= 0.6 is 11.8 Å². The van der Waals surface area contributed by atoms with Crippen molar-refractivity contribution >= 4 is 11.8 Å². The average Bonchev–Trinajstić information content (AvgIpc) is 3.15. The van der Waals surface area contributed by atoms with Gasteiger partial charge in [0.05, 0.1) is 14.2 Å². The minimum absolute atomic E-state index is 0.0749. The van der Waals surface area contributed by atoms with Crippen LogP contribution in [0.15, 0.2) is 40.8 Å². The zero-order chi connectivity index (χ0) is 22.4. The first-order valence-electron chi connectivity index (χ1n) is 9.10. The Morgan fingerprint density at radius 2 is 1.81 bits per heavy atom. The molecule has 166 valence electrons. The monoisotopic (exact) mass is 455 g/mol. The fourth-order valence-corrected chi connectivity index (χ4v) is 3.54. The Hall–Kier alpha value is -2.86. The molecule has 0 saturated carbocycles. The number of aromatic nitrogens is 5. The van der Waals surface area contributed by atoms with Crippen LogP contribution in [0.1, 0.15) is 12.1 Å². The summed E-state index contributed by atoms with van der Waals surface area (Å²) in [4.78, 5) is 7.52. The number of rotatable bonds is 9. The van der Waals surface area contributed by atoms with E-state index in [4.69, 9.17) is 14.2 Å². The third-order valence-electron chi connectivity index (χ3n) is 4.20. The van der Waals surface area contributed by atoms with Gasteiger partial charge in [0.2, 0.25) is 0 Å². The number of alkyl halides is 3. The highest BCUT2D eigenvalue weighted by atomic mass is 32.2. The van der Waals surface area contributed by atoms with Crippen LogP contribution in [-0.2, 0) is 17.5 Å². The van der Waals surface area contributed by atoms with E-state index in [-0.39, 0.29) is 5.16 Å². The average molecular weight is 455 g/mol. The van der Waals surface area contributed by atoms with Crippen LogP contribution in [-0.4, -0.2) is 52.7 Å². The maximum Gasteiger partial charge on any atom is 0.433 e. The van der Waals surface area contributed by atoms with Gasteiger partial charge in [0, 0.05) is 32.0 Å². The first-order valence-corrected chi connectivity index (χ1v) is 9.91. The van der Waals surface area contributed by atoms with Crippen molar-refractivity contribution in [3.8, 4) is 22.9 Å². The minimum atomic E-state index is -4.56. The molecule has 2 aromatic heterocycles. The van der Waals surface area contributed by atoms with E-state index in [1.54, 1.807) is 29.9 Å². The largest absolute Gasteiger partial charge is 0.493 e. The second kappa shape index (κ2) is 9.96. The smallest absolute Gasteiger partial charge is 0.433 e. The van der Waals surface area contributed by atoms with Crippen molar-refractivity contribution in [1.29, 1.82) is 0 Å². The molecule has 0 radical (unpaired) electrons. The van der Waals surface area contributed by atoms with Gasteiger partial charge < -0.3 is 18.8 Å². The van der Waals surface area contributed by atoms with Gasteiger partial charge in [0.25, 0.3) is 0 Å². The molecule has 1 aromatic carbocycles. The van der Waals surface area contributed by atoms with Crippen LogP contribution in [0.4, 0.5) is 13.2 Å². The molecule has 0 saturated heterocycles. The normalized spacial score (nSPS) is 11.5. The Labute approximate surface area is 180 Å². The molecular formula is C19H20F3N5O3S. The van der Waals surface area contributed by atoms with Crippen LogP contribution < -0.4 is 9.47 Å². The molecule has 3 aromatic rings. The summed E-state index contributed by atoms with van der Waals surface area (Å²) in [7, 11) is 4.65. The number of hydrogen-bond donors (Lipinski definition) is 0. The molecule has 12 heteroatoms. The van der Waals surface area contributed by atoms with E-state index >= 15 is 0 Å².